The summed E-state index contributed by atoms with van der Waals surface area (Å²) in [5.74, 6) is -0.214. The van der Waals surface area contributed by atoms with Crippen LogP contribution in [0.15, 0.2) is 12.2 Å². The first-order valence-electron chi connectivity index (χ1n) is 6.65. The molecule has 18 heavy (non-hydrogen) atoms. The van der Waals surface area contributed by atoms with E-state index in [9.17, 15) is 4.79 Å². The summed E-state index contributed by atoms with van der Waals surface area (Å²) in [6.45, 7) is 12.7. The molecule has 0 aromatic rings. The summed E-state index contributed by atoms with van der Waals surface area (Å²) in [5, 5.41) is 0.230. The van der Waals surface area contributed by atoms with Gasteiger partial charge in [-0.2, -0.15) is 0 Å². The summed E-state index contributed by atoms with van der Waals surface area (Å²) in [7, 11) is -1.71. The predicted molar refractivity (Wildman–Crippen MR) is 76.0 cm³/mol. The minimum absolute atomic E-state index is 0.0678. The highest BCUT2D eigenvalue weighted by atomic mass is 28.4. The minimum atomic E-state index is -1.71. The molecule has 0 aromatic carbocycles. The predicted octanol–water partition coefficient (Wildman–Crippen LogP) is 3.66. The molecular formula is C14H26O3Si. The average molecular weight is 270 g/mol. The maximum Gasteiger partial charge on any atom is 0.303 e. The van der Waals surface area contributed by atoms with Crippen LogP contribution in [-0.2, 0) is 14.0 Å². The van der Waals surface area contributed by atoms with Gasteiger partial charge in [0.25, 0.3) is 0 Å². The fraction of sp³-hybridized carbons (Fsp3) is 0.786. The summed E-state index contributed by atoms with van der Waals surface area (Å²) in [6, 6.07) is 0. The lowest BCUT2D eigenvalue weighted by Crippen LogP contribution is -2.44. The van der Waals surface area contributed by atoms with Crippen LogP contribution >= 0.6 is 0 Å². The van der Waals surface area contributed by atoms with E-state index in [0.29, 0.717) is 0 Å². The maximum atomic E-state index is 10.9. The molecule has 0 aromatic heterocycles. The molecule has 1 aliphatic carbocycles. The third-order valence-electron chi connectivity index (χ3n) is 3.85. The molecule has 0 unspecified atom stereocenters. The van der Waals surface area contributed by atoms with E-state index >= 15 is 0 Å². The molecule has 1 rings (SSSR count). The van der Waals surface area contributed by atoms with E-state index in [1.165, 1.54) is 6.92 Å². The zero-order chi connectivity index (χ0) is 14.0. The van der Waals surface area contributed by atoms with Gasteiger partial charge in [0.15, 0.2) is 8.32 Å². The van der Waals surface area contributed by atoms with Crippen molar-refractivity contribution < 1.29 is 14.0 Å². The molecule has 0 fully saturated rings. The van der Waals surface area contributed by atoms with Gasteiger partial charge in [-0.15, -0.1) is 0 Å². The van der Waals surface area contributed by atoms with Crippen molar-refractivity contribution in [1.82, 2.24) is 0 Å². The Labute approximate surface area is 112 Å². The van der Waals surface area contributed by atoms with Crippen LogP contribution in [0.3, 0.4) is 0 Å². The summed E-state index contributed by atoms with van der Waals surface area (Å²) in [4.78, 5) is 10.9. The largest absolute Gasteiger partial charge is 0.458 e. The maximum absolute atomic E-state index is 10.9. The molecule has 0 spiro atoms. The van der Waals surface area contributed by atoms with E-state index in [2.05, 4.69) is 39.9 Å². The standard InChI is InChI=1S/C14H26O3Si/c1-11(15)16-12-7-9-13(10-8-12)17-18(5,6)14(2,3)4/h7,9,12-13H,8,10H2,1-6H3/t12-,13+/m1/s1. The molecule has 2 atom stereocenters. The molecule has 1 aliphatic rings. The van der Waals surface area contributed by atoms with Crippen molar-refractivity contribution in [2.45, 2.75) is 70.9 Å². The smallest absolute Gasteiger partial charge is 0.303 e. The Morgan fingerprint density at radius 3 is 2.06 bits per heavy atom. The van der Waals surface area contributed by atoms with Crippen LogP contribution in [0.2, 0.25) is 18.1 Å². The van der Waals surface area contributed by atoms with Crippen LogP contribution in [0, 0.1) is 0 Å². The van der Waals surface area contributed by atoms with E-state index in [-0.39, 0.29) is 23.2 Å². The quantitative estimate of drug-likeness (QED) is 0.446. The second-order valence-corrected chi connectivity index (χ2v) is 11.3. The summed E-state index contributed by atoms with van der Waals surface area (Å²) >= 11 is 0. The highest BCUT2D eigenvalue weighted by Gasteiger charge is 2.39. The number of hydrogen-bond acceptors (Lipinski definition) is 3. The van der Waals surface area contributed by atoms with Crippen molar-refractivity contribution in [3.8, 4) is 0 Å². The number of ether oxygens (including phenoxy) is 1. The molecule has 0 saturated heterocycles. The Bertz CT molecular complexity index is 328. The van der Waals surface area contributed by atoms with Gasteiger partial charge in [0.05, 0.1) is 6.10 Å². The monoisotopic (exact) mass is 270 g/mol. The molecule has 4 heteroatoms. The highest BCUT2D eigenvalue weighted by Crippen LogP contribution is 2.38. The Kier molecular flexibility index (Phi) is 4.78. The van der Waals surface area contributed by atoms with Crippen LogP contribution in [0.5, 0.6) is 0 Å². The fourth-order valence-corrected chi connectivity index (χ4v) is 3.04. The van der Waals surface area contributed by atoms with Gasteiger partial charge in [0.1, 0.15) is 6.10 Å². The van der Waals surface area contributed by atoms with E-state index in [4.69, 9.17) is 9.16 Å². The average Bonchev–Trinajstić information content (AvgIpc) is 2.18. The molecule has 3 nitrogen and oxygen atoms in total. The molecule has 0 heterocycles. The van der Waals surface area contributed by atoms with Gasteiger partial charge in [-0.05, 0) is 37.0 Å². The highest BCUT2D eigenvalue weighted by molar-refractivity contribution is 6.74. The van der Waals surface area contributed by atoms with E-state index in [1.54, 1.807) is 0 Å². The summed E-state index contributed by atoms with van der Waals surface area (Å²) in [6.07, 6.45) is 5.91. The Balaban J connectivity index is 2.55. The van der Waals surface area contributed by atoms with Gasteiger partial charge >= 0.3 is 5.97 Å². The molecule has 0 saturated carbocycles. The molecule has 0 radical (unpaired) electrons. The third kappa shape index (κ3) is 4.25. The molecule has 0 aliphatic heterocycles. The lowest BCUT2D eigenvalue weighted by molar-refractivity contribution is -0.144. The molecular weight excluding hydrogens is 244 g/mol. The first-order valence-corrected chi connectivity index (χ1v) is 9.56. The third-order valence-corrected chi connectivity index (χ3v) is 8.35. The van der Waals surface area contributed by atoms with E-state index in [1.807, 2.05) is 6.08 Å². The fourth-order valence-electron chi connectivity index (χ4n) is 1.73. The zero-order valence-electron chi connectivity index (χ0n) is 12.4. The molecule has 0 amide bonds. The van der Waals surface area contributed by atoms with Gasteiger partial charge in [-0.1, -0.05) is 26.8 Å². The van der Waals surface area contributed by atoms with Gasteiger partial charge < -0.3 is 9.16 Å². The van der Waals surface area contributed by atoms with Crippen LogP contribution in [-0.4, -0.2) is 26.5 Å². The molecule has 0 bridgehead atoms. The lowest BCUT2D eigenvalue weighted by atomic mass is 10.0. The number of rotatable bonds is 3. The van der Waals surface area contributed by atoms with Crippen LogP contribution in [0.1, 0.15) is 40.5 Å². The summed E-state index contributed by atoms with van der Waals surface area (Å²) in [5.41, 5.74) is 0. The number of esters is 1. The normalized spacial score (nSPS) is 25.0. The second kappa shape index (κ2) is 5.57. The number of hydrogen-bond donors (Lipinski definition) is 0. The van der Waals surface area contributed by atoms with Crippen molar-refractivity contribution in [2.24, 2.45) is 0 Å². The Morgan fingerprint density at radius 1 is 1.17 bits per heavy atom. The van der Waals surface area contributed by atoms with Crippen molar-refractivity contribution in [1.29, 1.82) is 0 Å². The van der Waals surface area contributed by atoms with Gasteiger partial charge in [-0.25, -0.2) is 0 Å². The first-order chi connectivity index (χ1) is 8.12. The molecule has 0 N–H and O–H groups in total. The van der Waals surface area contributed by atoms with Crippen LogP contribution in [0.4, 0.5) is 0 Å². The van der Waals surface area contributed by atoms with Gasteiger partial charge in [0, 0.05) is 6.92 Å². The van der Waals surface area contributed by atoms with E-state index < -0.39 is 8.32 Å². The Hall–Kier alpha value is -0.613. The zero-order valence-corrected chi connectivity index (χ0v) is 13.4. The lowest BCUT2D eigenvalue weighted by Gasteiger charge is -2.39. The van der Waals surface area contributed by atoms with Crippen LogP contribution < -0.4 is 0 Å². The first kappa shape index (κ1) is 15.4. The Morgan fingerprint density at radius 2 is 1.67 bits per heavy atom. The van der Waals surface area contributed by atoms with Crippen molar-refractivity contribution >= 4 is 14.3 Å². The van der Waals surface area contributed by atoms with Crippen LogP contribution in [0.25, 0.3) is 0 Å². The number of carbonyl (C=O) groups excluding carboxylic acids is 1. The SMILES string of the molecule is CC(=O)O[C@@H]1C=C[C@H](O[Si](C)(C)C(C)(C)C)CC1. The van der Waals surface area contributed by atoms with Gasteiger partial charge in [-0.3, -0.25) is 4.79 Å². The number of carbonyl (C=O) groups is 1. The topological polar surface area (TPSA) is 35.5 Å². The van der Waals surface area contributed by atoms with Gasteiger partial charge in [0.2, 0.25) is 0 Å². The second-order valence-electron chi connectivity index (χ2n) is 6.53. The minimum Gasteiger partial charge on any atom is -0.458 e. The van der Waals surface area contributed by atoms with Crippen molar-refractivity contribution in [2.75, 3.05) is 0 Å². The van der Waals surface area contributed by atoms with Crippen molar-refractivity contribution in [3.05, 3.63) is 12.2 Å². The summed E-state index contributed by atoms with van der Waals surface area (Å²) < 4.78 is 11.5. The van der Waals surface area contributed by atoms with Crippen molar-refractivity contribution in [3.63, 3.8) is 0 Å². The van der Waals surface area contributed by atoms with E-state index in [0.717, 1.165) is 12.8 Å². The molecule has 104 valence electrons.